The average Bonchev–Trinajstić information content (AvgIpc) is 2.47. The van der Waals surface area contributed by atoms with Gasteiger partial charge in [0.1, 0.15) is 0 Å². The molecule has 0 heterocycles. The zero-order valence-electron chi connectivity index (χ0n) is 12.7. The molecular formula is C16H17BrN2O3S. The number of rotatable bonds is 5. The Labute approximate surface area is 144 Å². The zero-order chi connectivity index (χ0) is 17.0. The summed E-state index contributed by atoms with van der Waals surface area (Å²) in [7, 11) is -3.53. The molecule has 2 aromatic carbocycles. The van der Waals surface area contributed by atoms with Crippen LogP contribution in [0.25, 0.3) is 0 Å². The van der Waals surface area contributed by atoms with Crippen molar-refractivity contribution in [3.63, 3.8) is 0 Å². The Kier molecular flexibility index (Phi) is 5.56. The quantitative estimate of drug-likeness (QED) is 0.812. The Morgan fingerprint density at radius 2 is 1.65 bits per heavy atom. The zero-order valence-corrected chi connectivity index (χ0v) is 15.1. The van der Waals surface area contributed by atoms with Gasteiger partial charge in [-0.05, 0) is 66.2 Å². The van der Waals surface area contributed by atoms with Gasteiger partial charge in [-0.2, -0.15) is 0 Å². The van der Waals surface area contributed by atoms with Crippen molar-refractivity contribution in [1.29, 1.82) is 0 Å². The van der Waals surface area contributed by atoms with Crippen molar-refractivity contribution in [2.24, 2.45) is 0 Å². The molecule has 0 aromatic heterocycles. The van der Waals surface area contributed by atoms with Crippen LogP contribution in [-0.4, -0.2) is 20.4 Å². The lowest BCUT2D eigenvalue weighted by Crippen LogP contribution is -2.30. The van der Waals surface area contributed by atoms with Gasteiger partial charge < -0.3 is 5.32 Å². The van der Waals surface area contributed by atoms with E-state index < -0.39 is 10.0 Å². The second-order valence-corrected chi connectivity index (χ2v) is 7.80. The third kappa shape index (κ3) is 4.63. The predicted octanol–water partition coefficient (Wildman–Crippen LogP) is 3.39. The molecule has 2 aromatic rings. The Morgan fingerprint density at radius 3 is 2.22 bits per heavy atom. The predicted molar refractivity (Wildman–Crippen MR) is 94.0 cm³/mol. The molecule has 1 amide bonds. The molecule has 0 spiro atoms. The van der Waals surface area contributed by atoms with Crippen LogP contribution in [0, 0.1) is 0 Å². The minimum absolute atomic E-state index is 0.157. The van der Waals surface area contributed by atoms with E-state index in [4.69, 9.17) is 0 Å². The summed E-state index contributed by atoms with van der Waals surface area (Å²) in [5.74, 6) is -0.270. The van der Waals surface area contributed by atoms with E-state index in [0.29, 0.717) is 15.7 Å². The van der Waals surface area contributed by atoms with Crippen molar-refractivity contribution in [2.45, 2.75) is 24.8 Å². The first kappa shape index (κ1) is 17.7. The number of amides is 1. The summed E-state index contributed by atoms with van der Waals surface area (Å²) >= 11 is 3.32. The molecule has 0 radical (unpaired) electrons. The van der Waals surface area contributed by atoms with Crippen molar-refractivity contribution in [1.82, 2.24) is 4.72 Å². The first-order valence-electron chi connectivity index (χ1n) is 6.98. The number of benzene rings is 2. The lowest BCUT2D eigenvalue weighted by Gasteiger charge is -2.11. The fourth-order valence-corrected chi connectivity index (χ4v) is 3.66. The highest BCUT2D eigenvalue weighted by Crippen LogP contribution is 2.19. The summed E-state index contributed by atoms with van der Waals surface area (Å²) < 4.78 is 27.3. The molecule has 0 saturated carbocycles. The molecule has 2 N–H and O–H groups in total. The van der Waals surface area contributed by atoms with Crippen LogP contribution in [0.5, 0.6) is 0 Å². The van der Waals surface area contributed by atoms with E-state index in [1.54, 1.807) is 44.2 Å². The van der Waals surface area contributed by atoms with E-state index in [1.165, 1.54) is 12.1 Å². The molecule has 0 aliphatic rings. The van der Waals surface area contributed by atoms with Crippen LogP contribution in [0.4, 0.5) is 5.69 Å². The summed E-state index contributed by atoms with van der Waals surface area (Å²) in [5, 5.41) is 2.73. The molecule has 0 unspecified atom stereocenters. The van der Waals surface area contributed by atoms with Crippen molar-refractivity contribution in [3.8, 4) is 0 Å². The lowest BCUT2D eigenvalue weighted by molar-refractivity contribution is 0.102. The van der Waals surface area contributed by atoms with E-state index in [1.807, 2.05) is 6.07 Å². The minimum atomic E-state index is -3.53. The molecule has 0 aliphatic heterocycles. The van der Waals surface area contributed by atoms with E-state index in [-0.39, 0.29) is 16.8 Å². The third-order valence-electron chi connectivity index (χ3n) is 2.93. The number of carbonyl (C=O) groups is 1. The molecule has 5 nitrogen and oxygen atoms in total. The number of carbonyl (C=O) groups excluding carboxylic acids is 1. The number of hydrogen-bond acceptors (Lipinski definition) is 3. The molecule has 7 heteroatoms. The van der Waals surface area contributed by atoms with E-state index in [9.17, 15) is 13.2 Å². The van der Waals surface area contributed by atoms with Crippen LogP contribution in [0.1, 0.15) is 24.2 Å². The number of halogens is 1. The van der Waals surface area contributed by atoms with Gasteiger partial charge in [0.2, 0.25) is 10.0 Å². The van der Waals surface area contributed by atoms with Crippen LogP contribution >= 0.6 is 15.9 Å². The van der Waals surface area contributed by atoms with Gasteiger partial charge in [0.05, 0.1) is 10.5 Å². The smallest absolute Gasteiger partial charge is 0.256 e. The number of hydrogen-bond donors (Lipinski definition) is 2. The highest BCUT2D eigenvalue weighted by Gasteiger charge is 2.15. The Bertz CT molecular complexity index is 802. The summed E-state index contributed by atoms with van der Waals surface area (Å²) in [6.45, 7) is 3.51. The van der Waals surface area contributed by atoms with Crippen LogP contribution in [0.2, 0.25) is 0 Å². The Morgan fingerprint density at radius 1 is 1.04 bits per heavy atom. The summed E-state index contributed by atoms with van der Waals surface area (Å²) in [5.41, 5.74) is 1.03. The van der Waals surface area contributed by atoms with Gasteiger partial charge in [0.15, 0.2) is 0 Å². The number of sulfonamides is 1. The van der Waals surface area contributed by atoms with Gasteiger partial charge in [-0.15, -0.1) is 0 Å². The first-order valence-corrected chi connectivity index (χ1v) is 9.25. The highest BCUT2D eigenvalue weighted by molar-refractivity contribution is 9.10. The SMILES string of the molecule is CC(C)NS(=O)(=O)c1ccc(NC(=O)c2ccccc2Br)cc1. The molecule has 0 saturated heterocycles. The van der Waals surface area contributed by atoms with Crippen LogP contribution in [-0.2, 0) is 10.0 Å². The second kappa shape index (κ2) is 7.25. The van der Waals surface area contributed by atoms with Crippen LogP contribution in [0.3, 0.4) is 0 Å². The molecule has 0 bridgehead atoms. The largest absolute Gasteiger partial charge is 0.322 e. The normalized spacial score (nSPS) is 11.5. The van der Waals surface area contributed by atoms with Crippen molar-refractivity contribution >= 4 is 37.5 Å². The molecule has 122 valence electrons. The fourth-order valence-electron chi connectivity index (χ4n) is 1.94. The molecule has 0 atom stereocenters. The van der Waals surface area contributed by atoms with Crippen LogP contribution in [0.15, 0.2) is 57.9 Å². The lowest BCUT2D eigenvalue weighted by atomic mass is 10.2. The third-order valence-corrected chi connectivity index (χ3v) is 5.30. The average molecular weight is 397 g/mol. The highest BCUT2D eigenvalue weighted by atomic mass is 79.9. The first-order chi connectivity index (χ1) is 10.8. The Hall–Kier alpha value is -1.70. The standard InChI is InChI=1S/C16H17BrN2O3S/c1-11(2)19-23(21,22)13-9-7-12(8-10-13)18-16(20)14-5-3-4-6-15(14)17/h3-11,19H,1-2H3,(H,18,20). The van der Waals surface area contributed by atoms with E-state index in [2.05, 4.69) is 26.0 Å². The van der Waals surface area contributed by atoms with Gasteiger partial charge >= 0.3 is 0 Å². The van der Waals surface area contributed by atoms with Gasteiger partial charge in [-0.25, -0.2) is 13.1 Å². The van der Waals surface area contributed by atoms with Crippen molar-refractivity contribution < 1.29 is 13.2 Å². The summed E-state index contributed by atoms with van der Waals surface area (Å²) in [6, 6.07) is 12.9. The van der Waals surface area contributed by atoms with Crippen molar-refractivity contribution in [3.05, 3.63) is 58.6 Å². The maximum Gasteiger partial charge on any atom is 0.256 e. The molecule has 2 rings (SSSR count). The maximum absolute atomic E-state index is 12.2. The Balaban J connectivity index is 2.15. The minimum Gasteiger partial charge on any atom is -0.322 e. The van der Waals surface area contributed by atoms with Gasteiger partial charge in [-0.1, -0.05) is 12.1 Å². The van der Waals surface area contributed by atoms with E-state index >= 15 is 0 Å². The molecular weight excluding hydrogens is 380 g/mol. The second-order valence-electron chi connectivity index (χ2n) is 5.23. The van der Waals surface area contributed by atoms with Gasteiger partial charge in [0.25, 0.3) is 5.91 Å². The van der Waals surface area contributed by atoms with Gasteiger partial charge in [-0.3, -0.25) is 4.79 Å². The summed E-state index contributed by atoms with van der Waals surface area (Å²) in [4.78, 5) is 12.3. The fraction of sp³-hybridized carbons (Fsp3) is 0.188. The maximum atomic E-state index is 12.2. The monoisotopic (exact) mass is 396 g/mol. The molecule has 0 aliphatic carbocycles. The van der Waals surface area contributed by atoms with E-state index in [0.717, 1.165) is 0 Å². The molecule has 0 fully saturated rings. The summed E-state index contributed by atoms with van der Waals surface area (Å²) in [6.07, 6.45) is 0. The number of nitrogens with one attached hydrogen (secondary N) is 2. The van der Waals surface area contributed by atoms with Crippen LogP contribution < -0.4 is 10.0 Å². The van der Waals surface area contributed by atoms with Crippen molar-refractivity contribution in [2.75, 3.05) is 5.32 Å². The number of anilines is 1. The van der Waals surface area contributed by atoms with Gasteiger partial charge in [0, 0.05) is 16.2 Å². The molecule has 23 heavy (non-hydrogen) atoms. The topological polar surface area (TPSA) is 75.3 Å².